The van der Waals surface area contributed by atoms with Crippen molar-refractivity contribution in [3.8, 4) is 12.3 Å². The van der Waals surface area contributed by atoms with E-state index < -0.39 is 12.5 Å². The summed E-state index contributed by atoms with van der Waals surface area (Å²) < 4.78 is 28.8. The van der Waals surface area contributed by atoms with Crippen LogP contribution < -0.4 is 10.9 Å². The van der Waals surface area contributed by atoms with Gasteiger partial charge in [-0.05, 0) is 57.7 Å². The average Bonchev–Trinajstić information content (AvgIpc) is 3.02. The van der Waals surface area contributed by atoms with E-state index in [0.29, 0.717) is 45.8 Å². The molecular formula is C27H29F2N5O. The van der Waals surface area contributed by atoms with E-state index >= 15 is 0 Å². The molecule has 6 nitrogen and oxygen atoms in total. The van der Waals surface area contributed by atoms with E-state index in [1.807, 2.05) is 10.8 Å². The van der Waals surface area contributed by atoms with Crippen LogP contribution >= 0.6 is 0 Å². The second kappa shape index (κ2) is 9.04. The van der Waals surface area contributed by atoms with E-state index in [1.54, 1.807) is 32.0 Å². The largest absolute Gasteiger partial charge is 0.352 e. The number of nitrogens with zero attached hydrogens (tertiary/aromatic N) is 4. The van der Waals surface area contributed by atoms with Crippen LogP contribution in [0.3, 0.4) is 0 Å². The minimum atomic E-state index is -2.59. The lowest BCUT2D eigenvalue weighted by atomic mass is 9.97. The maximum atomic E-state index is 13.5. The molecule has 2 bridgehead atoms. The molecule has 2 unspecified atom stereocenters. The van der Waals surface area contributed by atoms with Gasteiger partial charge in [0, 0.05) is 36.0 Å². The topological polar surface area (TPSA) is 63.1 Å². The van der Waals surface area contributed by atoms with Gasteiger partial charge < -0.3 is 14.8 Å². The molecule has 2 aliphatic heterocycles. The minimum Gasteiger partial charge on any atom is -0.352 e. The van der Waals surface area contributed by atoms with Crippen molar-refractivity contribution < 1.29 is 8.78 Å². The average molecular weight is 478 g/mol. The summed E-state index contributed by atoms with van der Waals surface area (Å²) in [6, 6.07) is 6.73. The molecule has 3 atom stereocenters. The Morgan fingerprint density at radius 3 is 2.46 bits per heavy atom. The number of piperidine rings is 1. The highest BCUT2D eigenvalue weighted by atomic mass is 19.3. The Hall–Kier alpha value is -3.31. The summed E-state index contributed by atoms with van der Waals surface area (Å²) in [5.41, 5.74) is 1.45. The first-order chi connectivity index (χ1) is 16.8. The van der Waals surface area contributed by atoms with Crippen molar-refractivity contribution >= 4 is 16.7 Å². The van der Waals surface area contributed by atoms with Gasteiger partial charge in [0.15, 0.2) is 0 Å². The molecule has 0 aliphatic carbocycles. The van der Waals surface area contributed by atoms with Crippen molar-refractivity contribution in [1.29, 1.82) is 0 Å². The number of aryl methyl sites for hydroxylation is 1. The summed E-state index contributed by atoms with van der Waals surface area (Å²) >= 11 is 0. The molecule has 8 heteroatoms. The van der Waals surface area contributed by atoms with Crippen LogP contribution in [0.15, 0.2) is 35.3 Å². The number of anilines is 1. The van der Waals surface area contributed by atoms with Crippen LogP contribution in [0.5, 0.6) is 0 Å². The smallest absolute Gasteiger partial charge is 0.264 e. The molecule has 35 heavy (non-hydrogen) atoms. The van der Waals surface area contributed by atoms with Crippen LogP contribution in [0.4, 0.5) is 14.6 Å². The van der Waals surface area contributed by atoms with E-state index in [2.05, 4.69) is 33.2 Å². The maximum absolute atomic E-state index is 13.5. The van der Waals surface area contributed by atoms with Gasteiger partial charge in [0.25, 0.3) is 12.0 Å². The van der Waals surface area contributed by atoms with Crippen molar-refractivity contribution in [2.45, 2.75) is 70.1 Å². The third-order valence-electron chi connectivity index (χ3n) is 7.75. The van der Waals surface area contributed by atoms with Crippen LogP contribution in [-0.4, -0.2) is 38.6 Å². The summed E-state index contributed by atoms with van der Waals surface area (Å²) in [5, 5.41) is 3.95. The zero-order valence-corrected chi connectivity index (χ0v) is 20.1. The predicted molar refractivity (Wildman–Crippen MR) is 133 cm³/mol. The highest BCUT2D eigenvalue weighted by molar-refractivity contribution is 5.88. The Labute approximate surface area is 203 Å². The van der Waals surface area contributed by atoms with Crippen molar-refractivity contribution in [3.05, 3.63) is 63.3 Å². The fraction of sp³-hybridized carbons (Fsp3) is 0.444. The molecule has 4 heterocycles. The standard InChI is InChI=1S/C27H29F2N5O/c1-5-23(20-7-6-8-21(15(20)2)26(28)29)32-27-22-14-34(25(35)13-24(22)30-16(3)31-27)19-11-17-9-10-18(12-19)33(17)4/h1,6-8,13-14,17-19,23,26H,9-12H2,2-4H3,(H,30,31,32)/t17?,18?,19?,23-/m1/s1. The Bertz CT molecular complexity index is 1360. The number of halogens is 2. The van der Waals surface area contributed by atoms with Crippen molar-refractivity contribution in [2.24, 2.45) is 0 Å². The molecule has 0 radical (unpaired) electrons. The molecule has 0 spiro atoms. The van der Waals surface area contributed by atoms with Gasteiger partial charge in [-0.25, -0.2) is 18.7 Å². The van der Waals surface area contributed by atoms with Gasteiger partial charge in [-0.3, -0.25) is 4.79 Å². The Morgan fingerprint density at radius 1 is 1.11 bits per heavy atom. The van der Waals surface area contributed by atoms with Crippen molar-refractivity contribution in [3.63, 3.8) is 0 Å². The summed E-state index contributed by atoms with van der Waals surface area (Å²) in [6.07, 6.45) is 9.29. The highest BCUT2D eigenvalue weighted by Crippen LogP contribution is 2.39. The minimum absolute atomic E-state index is 0.0426. The Kier molecular flexibility index (Phi) is 6.06. The molecule has 2 aromatic heterocycles. The monoisotopic (exact) mass is 477 g/mol. The normalized spacial score (nSPS) is 22.9. The predicted octanol–water partition coefficient (Wildman–Crippen LogP) is 4.93. The zero-order valence-electron chi connectivity index (χ0n) is 20.1. The zero-order chi connectivity index (χ0) is 24.9. The first kappa shape index (κ1) is 23.4. The number of benzene rings is 1. The van der Waals surface area contributed by atoms with Crippen molar-refractivity contribution in [2.75, 3.05) is 12.4 Å². The fourth-order valence-corrected chi connectivity index (χ4v) is 5.81. The van der Waals surface area contributed by atoms with Crippen LogP contribution in [0.25, 0.3) is 10.9 Å². The number of alkyl halides is 2. The number of hydrogen-bond donors (Lipinski definition) is 1. The summed E-state index contributed by atoms with van der Waals surface area (Å²) in [6.45, 7) is 3.40. The second-order valence-electron chi connectivity index (χ2n) is 9.72. The van der Waals surface area contributed by atoms with Gasteiger partial charge in [0.05, 0.1) is 10.9 Å². The summed E-state index contributed by atoms with van der Waals surface area (Å²) in [5.74, 6) is 3.66. The maximum Gasteiger partial charge on any atom is 0.264 e. The molecule has 5 rings (SSSR count). The molecule has 0 saturated carbocycles. The number of pyridine rings is 1. The molecule has 3 aromatic rings. The fourth-order valence-electron chi connectivity index (χ4n) is 5.81. The van der Waals surface area contributed by atoms with E-state index in [9.17, 15) is 13.6 Å². The number of fused-ring (bicyclic) bond motifs is 3. The summed E-state index contributed by atoms with van der Waals surface area (Å²) in [4.78, 5) is 24.6. The third kappa shape index (κ3) is 4.19. The first-order valence-corrected chi connectivity index (χ1v) is 12.0. The van der Waals surface area contributed by atoms with Crippen LogP contribution in [-0.2, 0) is 0 Å². The van der Waals surface area contributed by atoms with Gasteiger partial charge in [-0.15, -0.1) is 6.42 Å². The van der Waals surface area contributed by atoms with E-state index in [4.69, 9.17) is 6.42 Å². The van der Waals surface area contributed by atoms with E-state index in [0.717, 1.165) is 25.7 Å². The summed E-state index contributed by atoms with van der Waals surface area (Å²) in [7, 11) is 2.17. The number of aromatic nitrogens is 3. The Balaban J connectivity index is 1.55. The van der Waals surface area contributed by atoms with Crippen molar-refractivity contribution in [1.82, 2.24) is 19.4 Å². The molecule has 0 amide bonds. The Morgan fingerprint density at radius 2 is 1.80 bits per heavy atom. The lowest BCUT2D eigenvalue weighted by Gasteiger charge is -2.37. The molecule has 1 N–H and O–H groups in total. The van der Waals surface area contributed by atoms with Crippen LogP contribution in [0, 0.1) is 26.2 Å². The van der Waals surface area contributed by atoms with E-state index in [1.165, 1.54) is 6.07 Å². The van der Waals surface area contributed by atoms with Gasteiger partial charge in [-0.1, -0.05) is 24.1 Å². The number of terminal acetylenes is 1. The van der Waals surface area contributed by atoms with Gasteiger partial charge in [0.1, 0.15) is 17.7 Å². The lowest BCUT2D eigenvalue weighted by molar-refractivity contribution is 0.136. The molecule has 2 fully saturated rings. The van der Waals surface area contributed by atoms with Crippen LogP contribution in [0.2, 0.25) is 0 Å². The first-order valence-electron chi connectivity index (χ1n) is 12.0. The molecule has 182 valence electrons. The van der Waals surface area contributed by atoms with Crippen LogP contribution in [0.1, 0.15) is 66.7 Å². The molecular weight excluding hydrogens is 448 g/mol. The number of hydrogen-bond acceptors (Lipinski definition) is 5. The molecule has 2 aliphatic rings. The quantitative estimate of drug-likeness (QED) is 0.528. The lowest BCUT2D eigenvalue weighted by Crippen LogP contribution is -2.42. The SMILES string of the molecule is C#C[C@@H](Nc1nc(C)nc2cc(=O)n(C3CC4CCC(C3)N4C)cc12)c1cccc(C(F)F)c1C. The number of rotatable bonds is 5. The number of nitrogens with one attached hydrogen (secondary N) is 1. The van der Waals surface area contributed by atoms with Gasteiger partial charge in [-0.2, -0.15) is 0 Å². The van der Waals surface area contributed by atoms with Gasteiger partial charge >= 0.3 is 0 Å². The highest BCUT2D eigenvalue weighted by Gasteiger charge is 2.39. The van der Waals surface area contributed by atoms with Gasteiger partial charge in [0.2, 0.25) is 0 Å². The van der Waals surface area contributed by atoms with E-state index in [-0.39, 0.29) is 17.2 Å². The second-order valence-corrected chi connectivity index (χ2v) is 9.72. The molecule has 2 saturated heterocycles. The molecule has 1 aromatic carbocycles. The third-order valence-corrected chi connectivity index (χ3v) is 7.75.